The van der Waals surface area contributed by atoms with E-state index in [1.165, 1.54) is 18.2 Å². The minimum absolute atomic E-state index is 0.0177. The van der Waals surface area contributed by atoms with Gasteiger partial charge >= 0.3 is 0 Å². The van der Waals surface area contributed by atoms with Gasteiger partial charge in [0.1, 0.15) is 0 Å². The number of hydrogen-bond acceptors (Lipinski definition) is 4. The highest BCUT2D eigenvalue weighted by Gasteiger charge is 2.17. The van der Waals surface area contributed by atoms with Crippen molar-refractivity contribution < 1.29 is 13.2 Å². The van der Waals surface area contributed by atoms with E-state index in [0.29, 0.717) is 5.69 Å². The number of hydrogen-bond donors (Lipinski definition) is 2. The standard InChI is InChI=1S/C17H17N3O3S/c1-3-10-19-24(22,23)15-8-6-7-14(12-15)17(21)20-13(2)16-9-4-5-11-18-16/h1,4-9,11-13,19H,10H2,2H3,(H,20,21). The SMILES string of the molecule is C#CCNS(=O)(=O)c1cccc(C(=O)NC(C)c2ccccn2)c1. The first-order chi connectivity index (χ1) is 11.4. The molecule has 1 heterocycles. The predicted octanol–water partition coefficient (Wildman–Crippen LogP) is 1.48. The summed E-state index contributed by atoms with van der Waals surface area (Å²) in [7, 11) is -3.74. The van der Waals surface area contributed by atoms with Crippen molar-refractivity contribution in [2.75, 3.05) is 6.54 Å². The fourth-order valence-electron chi connectivity index (χ4n) is 2.01. The lowest BCUT2D eigenvalue weighted by Crippen LogP contribution is -2.28. The molecule has 1 aromatic carbocycles. The maximum absolute atomic E-state index is 12.3. The van der Waals surface area contributed by atoms with Gasteiger partial charge in [-0.15, -0.1) is 6.42 Å². The molecule has 0 radical (unpaired) electrons. The summed E-state index contributed by atoms with van der Waals surface area (Å²) in [4.78, 5) is 16.5. The van der Waals surface area contributed by atoms with Crippen LogP contribution >= 0.6 is 0 Å². The third-order valence-electron chi connectivity index (χ3n) is 3.25. The second kappa shape index (κ2) is 7.73. The van der Waals surface area contributed by atoms with Gasteiger partial charge in [-0.1, -0.05) is 18.1 Å². The van der Waals surface area contributed by atoms with Gasteiger partial charge < -0.3 is 5.32 Å². The molecule has 7 heteroatoms. The van der Waals surface area contributed by atoms with Gasteiger partial charge in [0.15, 0.2) is 0 Å². The van der Waals surface area contributed by atoms with E-state index in [4.69, 9.17) is 6.42 Å². The number of rotatable bonds is 6. The van der Waals surface area contributed by atoms with E-state index in [2.05, 4.69) is 20.9 Å². The highest BCUT2D eigenvalue weighted by Crippen LogP contribution is 2.14. The Morgan fingerprint density at radius 3 is 2.75 bits per heavy atom. The smallest absolute Gasteiger partial charge is 0.251 e. The van der Waals surface area contributed by atoms with Crippen LogP contribution < -0.4 is 10.0 Å². The average molecular weight is 343 g/mol. The molecule has 2 N–H and O–H groups in total. The number of nitrogens with zero attached hydrogens (tertiary/aromatic N) is 1. The van der Waals surface area contributed by atoms with Crippen molar-refractivity contribution >= 4 is 15.9 Å². The number of terminal acetylenes is 1. The number of sulfonamides is 1. The van der Waals surface area contributed by atoms with Crippen molar-refractivity contribution in [2.45, 2.75) is 17.9 Å². The van der Waals surface area contributed by atoms with Gasteiger partial charge in [-0.2, -0.15) is 4.72 Å². The maximum Gasteiger partial charge on any atom is 0.251 e. The highest BCUT2D eigenvalue weighted by molar-refractivity contribution is 7.89. The molecule has 1 amide bonds. The third kappa shape index (κ3) is 4.41. The van der Waals surface area contributed by atoms with Crippen molar-refractivity contribution in [1.82, 2.24) is 15.0 Å². The Morgan fingerprint density at radius 1 is 1.29 bits per heavy atom. The second-order valence-electron chi connectivity index (χ2n) is 5.01. The number of nitrogens with one attached hydrogen (secondary N) is 2. The summed E-state index contributed by atoms with van der Waals surface area (Å²) in [6.45, 7) is 1.69. The van der Waals surface area contributed by atoms with E-state index in [0.717, 1.165) is 0 Å². The molecule has 1 unspecified atom stereocenters. The van der Waals surface area contributed by atoms with Gasteiger partial charge in [0.25, 0.3) is 5.91 Å². The van der Waals surface area contributed by atoms with E-state index >= 15 is 0 Å². The Kier molecular flexibility index (Phi) is 5.68. The van der Waals surface area contributed by atoms with Crippen LogP contribution in [0.15, 0.2) is 53.6 Å². The van der Waals surface area contributed by atoms with Crippen LogP contribution in [0.1, 0.15) is 29.0 Å². The topological polar surface area (TPSA) is 88.2 Å². The van der Waals surface area contributed by atoms with Gasteiger partial charge in [0.2, 0.25) is 10.0 Å². The Morgan fingerprint density at radius 2 is 2.08 bits per heavy atom. The molecule has 0 spiro atoms. The number of carbonyl (C=O) groups excluding carboxylic acids is 1. The minimum Gasteiger partial charge on any atom is -0.344 e. The lowest BCUT2D eigenvalue weighted by molar-refractivity contribution is 0.0939. The van der Waals surface area contributed by atoms with Gasteiger partial charge in [0.05, 0.1) is 23.2 Å². The zero-order valence-electron chi connectivity index (χ0n) is 13.1. The average Bonchev–Trinajstić information content (AvgIpc) is 2.61. The van der Waals surface area contributed by atoms with E-state index in [1.807, 2.05) is 6.07 Å². The zero-order valence-corrected chi connectivity index (χ0v) is 13.9. The number of amides is 1. The number of aromatic nitrogens is 1. The first-order valence-electron chi connectivity index (χ1n) is 7.19. The first kappa shape index (κ1) is 17.7. The number of pyridine rings is 1. The van der Waals surface area contributed by atoms with E-state index < -0.39 is 10.0 Å². The summed E-state index contributed by atoms with van der Waals surface area (Å²) in [5.41, 5.74) is 0.951. The van der Waals surface area contributed by atoms with E-state index in [9.17, 15) is 13.2 Å². The molecule has 6 nitrogen and oxygen atoms in total. The molecule has 0 saturated heterocycles. The molecule has 0 aliphatic carbocycles. The fourth-order valence-corrected chi connectivity index (χ4v) is 2.99. The van der Waals surface area contributed by atoms with Crippen molar-refractivity contribution in [3.63, 3.8) is 0 Å². The Hall–Kier alpha value is -2.69. The van der Waals surface area contributed by atoms with Crippen LogP contribution in [0.25, 0.3) is 0 Å². The van der Waals surface area contributed by atoms with E-state index in [-0.39, 0.29) is 29.0 Å². The molecule has 0 fully saturated rings. The normalized spacial score (nSPS) is 12.2. The quantitative estimate of drug-likeness (QED) is 0.778. The number of benzene rings is 1. The predicted molar refractivity (Wildman–Crippen MR) is 90.6 cm³/mol. The summed E-state index contributed by atoms with van der Waals surface area (Å²) in [5, 5.41) is 2.79. The summed E-state index contributed by atoms with van der Waals surface area (Å²) >= 11 is 0. The number of carbonyl (C=O) groups is 1. The summed E-state index contributed by atoms with van der Waals surface area (Å²) < 4.78 is 26.4. The van der Waals surface area contributed by atoms with Crippen molar-refractivity contribution in [1.29, 1.82) is 0 Å². The second-order valence-corrected chi connectivity index (χ2v) is 6.77. The largest absolute Gasteiger partial charge is 0.344 e. The van der Waals surface area contributed by atoms with Gasteiger partial charge in [0, 0.05) is 11.8 Å². The van der Waals surface area contributed by atoms with Crippen LogP contribution in [0.4, 0.5) is 0 Å². The monoisotopic (exact) mass is 343 g/mol. The molecule has 24 heavy (non-hydrogen) atoms. The highest BCUT2D eigenvalue weighted by atomic mass is 32.2. The molecular weight excluding hydrogens is 326 g/mol. The third-order valence-corrected chi connectivity index (χ3v) is 4.65. The van der Waals surface area contributed by atoms with Crippen LogP contribution in [0, 0.1) is 12.3 Å². The molecule has 0 saturated carbocycles. The molecule has 2 aromatic rings. The maximum atomic E-state index is 12.3. The van der Waals surface area contributed by atoms with Crippen LogP contribution in [-0.4, -0.2) is 25.9 Å². The first-order valence-corrected chi connectivity index (χ1v) is 8.67. The molecule has 0 aliphatic heterocycles. The molecule has 0 aliphatic rings. The van der Waals surface area contributed by atoms with E-state index in [1.54, 1.807) is 31.3 Å². The molecule has 0 bridgehead atoms. The van der Waals surface area contributed by atoms with Gasteiger partial charge in [-0.25, -0.2) is 8.42 Å². The lowest BCUT2D eigenvalue weighted by atomic mass is 10.1. The fraction of sp³-hybridized carbons (Fsp3) is 0.176. The molecule has 2 rings (SSSR count). The van der Waals surface area contributed by atoms with Gasteiger partial charge in [-0.05, 0) is 37.3 Å². The van der Waals surface area contributed by atoms with Gasteiger partial charge in [-0.3, -0.25) is 9.78 Å². The van der Waals surface area contributed by atoms with Crippen molar-refractivity contribution in [3.05, 3.63) is 59.9 Å². The summed E-state index contributed by atoms with van der Waals surface area (Å²) in [5.74, 6) is 1.81. The minimum atomic E-state index is -3.74. The molecular formula is C17H17N3O3S. The lowest BCUT2D eigenvalue weighted by Gasteiger charge is -2.13. The molecule has 1 aromatic heterocycles. The van der Waals surface area contributed by atoms with Crippen LogP contribution in [-0.2, 0) is 10.0 Å². The van der Waals surface area contributed by atoms with Crippen LogP contribution in [0.2, 0.25) is 0 Å². The summed E-state index contributed by atoms with van der Waals surface area (Å²) in [6.07, 6.45) is 6.70. The Balaban J connectivity index is 2.16. The van der Waals surface area contributed by atoms with Crippen LogP contribution in [0.5, 0.6) is 0 Å². The Bertz CT molecular complexity index is 858. The zero-order chi connectivity index (χ0) is 17.6. The van der Waals surface area contributed by atoms with Crippen molar-refractivity contribution in [3.8, 4) is 12.3 Å². The van der Waals surface area contributed by atoms with Crippen LogP contribution in [0.3, 0.4) is 0 Å². The molecule has 124 valence electrons. The molecule has 1 atom stereocenters. The van der Waals surface area contributed by atoms with Crippen molar-refractivity contribution in [2.24, 2.45) is 0 Å². The summed E-state index contributed by atoms with van der Waals surface area (Å²) in [6, 6.07) is 10.9. The Labute approximate surface area is 141 Å².